The lowest BCUT2D eigenvalue weighted by molar-refractivity contribution is -0.275. The molecule has 1 aromatic carbocycles. The third-order valence-corrected chi connectivity index (χ3v) is 4.84. The summed E-state index contributed by atoms with van der Waals surface area (Å²) in [4.78, 5) is 15.4. The molecule has 0 radical (unpaired) electrons. The molecular formula is C20H20F4N2O2. The van der Waals surface area contributed by atoms with E-state index >= 15 is 0 Å². The van der Waals surface area contributed by atoms with Gasteiger partial charge in [0.05, 0.1) is 5.69 Å². The zero-order valence-corrected chi connectivity index (χ0v) is 15.2. The van der Waals surface area contributed by atoms with E-state index in [0.29, 0.717) is 17.2 Å². The number of hydrogen-bond acceptors (Lipinski definition) is 3. The predicted octanol–water partition coefficient (Wildman–Crippen LogP) is 4.95. The standard InChI is InChI=1S/C20H20F4N2O2/c1-12(27)26-16-5-2-13(3-6-16)14-8-9-25-18(11-14)15-4-7-19(17(21)10-15)28-20(22,23)24/h4,7-11,13,16H,2-3,5-6H2,1H3,(H,26,27). The number of nitrogens with zero attached hydrogens (tertiary/aromatic N) is 1. The van der Waals surface area contributed by atoms with Gasteiger partial charge in [-0.3, -0.25) is 9.78 Å². The van der Waals surface area contributed by atoms with E-state index in [1.807, 2.05) is 12.1 Å². The Labute approximate surface area is 159 Å². The Morgan fingerprint density at radius 3 is 2.46 bits per heavy atom. The largest absolute Gasteiger partial charge is 0.573 e. The second-order valence-corrected chi connectivity index (χ2v) is 6.92. The molecule has 8 heteroatoms. The third kappa shape index (κ3) is 5.21. The number of ether oxygens (including phenoxy) is 1. The minimum Gasteiger partial charge on any atom is -0.403 e. The normalized spacial score (nSPS) is 19.9. The maximum Gasteiger partial charge on any atom is 0.573 e. The van der Waals surface area contributed by atoms with Crippen LogP contribution >= 0.6 is 0 Å². The van der Waals surface area contributed by atoms with Gasteiger partial charge in [-0.15, -0.1) is 13.2 Å². The van der Waals surface area contributed by atoms with Gasteiger partial charge in [0.2, 0.25) is 5.91 Å². The number of rotatable bonds is 4. The van der Waals surface area contributed by atoms with Crippen molar-refractivity contribution >= 4 is 5.91 Å². The Morgan fingerprint density at radius 1 is 1.14 bits per heavy atom. The van der Waals surface area contributed by atoms with Gasteiger partial charge in [-0.05, 0) is 67.5 Å². The molecular weight excluding hydrogens is 376 g/mol. The molecule has 0 unspecified atom stereocenters. The van der Waals surface area contributed by atoms with Crippen molar-refractivity contribution in [1.82, 2.24) is 10.3 Å². The van der Waals surface area contributed by atoms with Crippen LogP contribution in [0.25, 0.3) is 11.3 Å². The van der Waals surface area contributed by atoms with Crippen LogP contribution in [0.15, 0.2) is 36.5 Å². The fourth-order valence-corrected chi connectivity index (χ4v) is 3.58. The van der Waals surface area contributed by atoms with Crippen LogP contribution in [0.3, 0.4) is 0 Å². The van der Waals surface area contributed by atoms with Crippen molar-refractivity contribution in [2.24, 2.45) is 0 Å². The predicted molar refractivity (Wildman–Crippen MR) is 95.1 cm³/mol. The molecule has 3 rings (SSSR count). The number of amides is 1. The molecule has 0 bridgehead atoms. The van der Waals surface area contributed by atoms with Crippen molar-refractivity contribution in [2.45, 2.75) is 50.9 Å². The summed E-state index contributed by atoms with van der Waals surface area (Å²) in [7, 11) is 0. The highest BCUT2D eigenvalue weighted by molar-refractivity contribution is 5.73. The molecule has 28 heavy (non-hydrogen) atoms. The van der Waals surface area contributed by atoms with E-state index in [4.69, 9.17) is 0 Å². The van der Waals surface area contributed by atoms with Crippen molar-refractivity contribution in [3.05, 3.63) is 47.9 Å². The number of hydrogen-bond donors (Lipinski definition) is 1. The van der Waals surface area contributed by atoms with Crippen LogP contribution in [-0.4, -0.2) is 23.3 Å². The van der Waals surface area contributed by atoms with Gasteiger partial charge in [-0.2, -0.15) is 0 Å². The summed E-state index contributed by atoms with van der Waals surface area (Å²) >= 11 is 0. The number of nitrogens with one attached hydrogen (secondary N) is 1. The van der Waals surface area contributed by atoms with Crippen molar-refractivity contribution in [3.8, 4) is 17.0 Å². The number of carbonyl (C=O) groups is 1. The Balaban J connectivity index is 1.73. The maximum absolute atomic E-state index is 14.0. The molecule has 1 heterocycles. The van der Waals surface area contributed by atoms with Gasteiger partial charge in [-0.25, -0.2) is 4.39 Å². The number of benzene rings is 1. The summed E-state index contributed by atoms with van der Waals surface area (Å²) < 4.78 is 54.5. The van der Waals surface area contributed by atoms with Crippen molar-refractivity contribution in [3.63, 3.8) is 0 Å². The van der Waals surface area contributed by atoms with Crippen LogP contribution in [0.4, 0.5) is 17.6 Å². The van der Waals surface area contributed by atoms with Gasteiger partial charge < -0.3 is 10.1 Å². The molecule has 4 nitrogen and oxygen atoms in total. The first-order valence-electron chi connectivity index (χ1n) is 9.00. The molecule has 0 atom stereocenters. The van der Waals surface area contributed by atoms with Crippen LogP contribution in [0.1, 0.15) is 44.1 Å². The Morgan fingerprint density at radius 2 is 1.86 bits per heavy atom. The van der Waals surface area contributed by atoms with Crippen molar-refractivity contribution < 1.29 is 27.1 Å². The lowest BCUT2D eigenvalue weighted by Gasteiger charge is -2.29. The topological polar surface area (TPSA) is 51.2 Å². The van der Waals surface area contributed by atoms with E-state index in [1.54, 1.807) is 6.20 Å². The summed E-state index contributed by atoms with van der Waals surface area (Å²) in [5, 5.41) is 2.93. The van der Waals surface area contributed by atoms with Gasteiger partial charge in [0, 0.05) is 24.7 Å². The van der Waals surface area contributed by atoms with Gasteiger partial charge in [-0.1, -0.05) is 0 Å². The number of halogens is 4. The van der Waals surface area contributed by atoms with Crippen LogP contribution in [0, 0.1) is 5.82 Å². The van der Waals surface area contributed by atoms with E-state index in [0.717, 1.165) is 43.4 Å². The Bertz CT molecular complexity index is 846. The fraction of sp³-hybridized carbons (Fsp3) is 0.400. The molecule has 1 fully saturated rings. The number of alkyl halides is 3. The molecule has 150 valence electrons. The van der Waals surface area contributed by atoms with E-state index in [-0.39, 0.29) is 11.9 Å². The lowest BCUT2D eigenvalue weighted by Crippen LogP contribution is -2.35. The first-order chi connectivity index (χ1) is 13.2. The van der Waals surface area contributed by atoms with Crippen LogP contribution in [0.5, 0.6) is 5.75 Å². The monoisotopic (exact) mass is 396 g/mol. The lowest BCUT2D eigenvalue weighted by atomic mass is 9.81. The summed E-state index contributed by atoms with van der Waals surface area (Å²) in [6.07, 6.45) is 0.224. The molecule has 1 aromatic heterocycles. The molecule has 1 amide bonds. The second-order valence-electron chi connectivity index (χ2n) is 6.92. The first-order valence-corrected chi connectivity index (χ1v) is 9.00. The maximum atomic E-state index is 14.0. The smallest absolute Gasteiger partial charge is 0.403 e. The zero-order chi connectivity index (χ0) is 20.3. The molecule has 1 aliphatic rings. The molecule has 1 aliphatic carbocycles. The minimum absolute atomic E-state index is 0.0328. The summed E-state index contributed by atoms with van der Waals surface area (Å²) in [6.45, 7) is 1.51. The molecule has 0 aliphatic heterocycles. The van der Waals surface area contributed by atoms with Gasteiger partial charge in [0.15, 0.2) is 11.6 Å². The van der Waals surface area contributed by atoms with Crippen LogP contribution in [0.2, 0.25) is 0 Å². The molecule has 1 N–H and O–H groups in total. The number of carbonyl (C=O) groups excluding carboxylic acids is 1. The summed E-state index contributed by atoms with van der Waals surface area (Å²) in [5.41, 5.74) is 1.90. The summed E-state index contributed by atoms with van der Waals surface area (Å²) in [5.74, 6) is -1.71. The second kappa shape index (κ2) is 8.16. The van der Waals surface area contributed by atoms with Gasteiger partial charge >= 0.3 is 6.36 Å². The van der Waals surface area contributed by atoms with Crippen LogP contribution in [-0.2, 0) is 4.79 Å². The first kappa shape index (κ1) is 20.1. The van der Waals surface area contributed by atoms with Crippen LogP contribution < -0.4 is 10.1 Å². The van der Waals surface area contributed by atoms with Gasteiger partial charge in [0.25, 0.3) is 0 Å². The SMILES string of the molecule is CC(=O)NC1CCC(c2ccnc(-c3ccc(OC(F)(F)F)c(F)c3)c2)CC1. The van der Waals surface area contributed by atoms with Crippen molar-refractivity contribution in [1.29, 1.82) is 0 Å². The molecule has 2 aromatic rings. The minimum atomic E-state index is -4.95. The molecule has 0 spiro atoms. The zero-order valence-electron chi connectivity index (χ0n) is 15.2. The van der Waals surface area contributed by atoms with E-state index in [1.165, 1.54) is 13.0 Å². The highest BCUT2D eigenvalue weighted by Gasteiger charge is 2.32. The van der Waals surface area contributed by atoms with E-state index in [9.17, 15) is 22.4 Å². The third-order valence-electron chi connectivity index (χ3n) is 4.84. The molecule has 1 saturated carbocycles. The van der Waals surface area contributed by atoms with Gasteiger partial charge in [0.1, 0.15) is 0 Å². The average molecular weight is 396 g/mol. The molecule has 0 saturated heterocycles. The quantitative estimate of drug-likeness (QED) is 0.744. The Kier molecular flexibility index (Phi) is 5.86. The Hall–Kier alpha value is -2.64. The number of pyridine rings is 1. The highest BCUT2D eigenvalue weighted by atomic mass is 19.4. The summed E-state index contributed by atoms with van der Waals surface area (Å²) in [6, 6.07) is 7.20. The van der Waals surface area contributed by atoms with E-state index in [2.05, 4.69) is 15.0 Å². The highest BCUT2D eigenvalue weighted by Crippen LogP contribution is 2.35. The fourth-order valence-electron chi connectivity index (χ4n) is 3.58. The van der Waals surface area contributed by atoms with E-state index < -0.39 is 17.9 Å². The number of aromatic nitrogens is 1. The van der Waals surface area contributed by atoms with Crippen molar-refractivity contribution in [2.75, 3.05) is 0 Å². The average Bonchev–Trinajstić information content (AvgIpc) is 2.63.